The number of aromatic nitrogens is 2. The molecule has 2 aliphatic carbocycles. The quantitative estimate of drug-likeness (QED) is 0.210. The molecule has 2 aromatic heterocycles. The lowest BCUT2D eigenvalue weighted by atomic mass is 9.70. The van der Waals surface area contributed by atoms with Crippen LogP contribution in [0.15, 0.2) is 134 Å². The molecule has 222 valence electrons. The normalized spacial score (nSPS) is 14.7. The number of H-pyrrole nitrogens is 1. The van der Waals surface area contributed by atoms with Crippen LogP contribution < -0.4 is 4.74 Å². The van der Waals surface area contributed by atoms with Crippen LogP contribution in [0.2, 0.25) is 0 Å². The first-order valence-corrected chi connectivity index (χ1v) is 16.5. The Hall–Kier alpha value is -5.80. The van der Waals surface area contributed by atoms with E-state index in [9.17, 15) is 0 Å². The average molecular weight is 603 g/mol. The van der Waals surface area contributed by atoms with Crippen LogP contribution in [-0.4, -0.2) is 16.2 Å². The lowest BCUT2D eigenvalue weighted by molar-refractivity contribution is 0.357. The first-order chi connectivity index (χ1) is 23.2. The zero-order valence-corrected chi connectivity index (χ0v) is 26.0. The number of fused-ring (bicyclic) bond motifs is 14. The SMILES string of the molecule is Cc1cc[nH]c1-n1c2ccccc2c2ccc(-c3ccc4c(c3)C3(c5ccccc5-c5ccccc53)c3cc5c(cc3-4)OCC5)cc21. The largest absolute Gasteiger partial charge is 0.493 e. The van der Waals surface area contributed by atoms with E-state index in [1.54, 1.807) is 0 Å². The van der Waals surface area contributed by atoms with Gasteiger partial charge in [-0.05, 0) is 110 Å². The monoisotopic (exact) mass is 602 g/mol. The third-order valence-corrected chi connectivity index (χ3v) is 11.1. The second-order valence-electron chi connectivity index (χ2n) is 13.3. The molecule has 0 saturated carbocycles. The predicted octanol–water partition coefficient (Wildman–Crippen LogP) is 10.4. The third kappa shape index (κ3) is 3.12. The number of rotatable bonds is 2. The molecule has 8 aromatic rings. The Morgan fingerprint density at radius 2 is 1.28 bits per heavy atom. The van der Waals surface area contributed by atoms with Crippen molar-refractivity contribution in [1.29, 1.82) is 0 Å². The van der Waals surface area contributed by atoms with E-state index in [4.69, 9.17) is 4.74 Å². The van der Waals surface area contributed by atoms with Gasteiger partial charge in [-0.2, -0.15) is 0 Å². The van der Waals surface area contributed by atoms with Gasteiger partial charge in [-0.25, -0.2) is 0 Å². The van der Waals surface area contributed by atoms with Gasteiger partial charge in [0.1, 0.15) is 11.6 Å². The van der Waals surface area contributed by atoms with Crippen LogP contribution >= 0.6 is 0 Å². The highest BCUT2D eigenvalue weighted by Gasteiger charge is 2.52. The van der Waals surface area contributed by atoms with E-state index in [-0.39, 0.29) is 5.41 Å². The standard InChI is InChI=1S/C44H30N2O/c1-26-18-20-45-43(26)46-40-13-7-4-10-33(40)34-17-15-28(24-41(34)46)27-14-16-32-35-25-42-29(19-21-47-42)23-39(35)44(38(32)22-27)36-11-5-2-8-30(36)31-9-3-6-12-37(31)44/h2-18,20,22-25,45H,19,21H2,1H3. The molecule has 6 aromatic carbocycles. The topological polar surface area (TPSA) is 29.9 Å². The molecule has 3 nitrogen and oxygen atoms in total. The molecule has 0 atom stereocenters. The Balaban J connectivity index is 1.20. The number of para-hydroxylation sites is 1. The Kier molecular flexibility index (Phi) is 4.82. The van der Waals surface area contributed by atoms with E-state index in [0.29, 0.717) is 0 Å². The molecule has 1 aliphatic heterocycles. The minimum atomic E-state index is -0.383. The second-order valence-corrected chi connectivity index (χ2v) is 13.3. The maximum absolute atomic E-state index is 6.13. The lowest BCUT2D eigenvalue weighted by Gasteiger charge is -2.31. The zero-order valence-electron chi connectivity index (χ0n) is 26.0. The number of benzene rings is 6. The van der Waals surface area contributed by atoms with Crippen molar-refractivity contribution in [3.8, 4) is 44.9 Å². The highest BCUT2D eigenvalue weighted by molar-refractivity contribution is 6.10. The zero-order chi connectivity index (χ0) is 30.9. The molecule has 3 aliphatic rings. The van der Waals surface area contributed by atoms with E-state index < -0.39 is 0 Å². The molecule has 1 spiro atoms. The minimum Gasteiger partial charge on any atom is -0.493 e. The molecule has 0 amide bonds. The van der Waals surface area contributed by atoms with Gasteiger partial charge in [0.05, 0.1) is 23.1 Å². The summed E-state index contributed by atoms with van der Waals surface area (Å²) in [6, 6.07) is 47.9. The van der Waals surface area contributed by atoms with Crippen molar-refractivity contribution in [2.24, 2.45) is 0 Å². The molecule has 0 saturated heterocycles. The first kappa shape index (κ1) is 25.4. The maximum atomic E-state index is 6.13. The summed E-state index contributed by atoms with van der Waals surface area (Å²) in [6.45, 7) is 2.93. The molecule has 0 radical (unpaired) electrons. The van der Waals surface area contributed by atoms with E-state index >= 15 is 0 Å². The Morgan fingerprint density at radius 3 is 2.09 bits per heavy atom. The molecular weight excluding hydrogens is 572 g/mol. The smallest absolute Gasteiger partial charge is 0.123 e. The molecule has 3 heteroatoms. The maximum Gasteiger partial charge on any atom is 0.123 e. The fraction of sp³-hybridized carbons (Fsp3) is 0.0909. The van der Waals surface area contributed by atoms with Gasteiger partial charge in [0.15, 0.2) is 0 Å². The van der Waals surface area contributed by atoms with Crippen molar-refractivity contribution in [2.75, 3.05) is 6.61 Å². The summed E-state index contributed by atoms with van der Waals surface area (Å²) < 4.78 is 8.52. The Labute approximate surface area is 272 Å². The number of aryl methyl sites for hydroxylation is 1. The van der Waals surface area contributed by atoms with Gasteiger partial charge in [-0.1, -0.05) is 91.0 Å². The van der Waals surface area contributed by atoms with Gasteiger partial charge in [0.2, 0.25) is 0 Å². The van der Waals surface area contributed by atoms with Crippen LogP contribution in [-0.2, 0) is 11.8 Å². The van der Waals surface area contributed by atoms with E-state index in [1.807, 2.05) is 6.20 Å². The molecular formula is C44H30N2O. The van der Waals surface area contributed by atoms with Crippen molar-refractivity contribution >= 4 is 21.8 Å². The Morgan fingerprint density at radius 1 is 0.596 bits per heavy atom. The van der Waals surface area contributed by atoms with Gasteiger partial charge in [0, 0.05) is 23.4 Å². The summed E-state index contributed by atoms with van der Waals surface area (Å²) in [6.07, 6.45) is 2.99. The summed E-state index contributed by atoms with van der Waals surface area (Å²) in [4.78, 5) is 3.52. The van der Waals surface area contributed by atoms with Crippen molar-refractivity contribution in [3.05, 3.63) is 167 Å². The number of nitrogens with one attached hydrogen (secondary N) is 1. The summed E-state index contributed by atoms with van der Waals surface area (Å²) in [5.74, 6) is 2.15. The van der Waals surface area contributed by atoms with Gasteiger partial charge in [-0.3, -0.25) is 4.57 Å². The average Bonchev–Trinajstić information content (AvgIpc) is 3.93. The highest BCUT2D eigenvalue weighted by Crippen LogP contribution is 2.64. The van der Waals surface area contributed by atoms with Crippen LogP contribution in [0.4, 0.5) is 0 Å². The van der Waals surface area contributed by atoms with Gasteiger partial charge < -0.3 is 9.72 Å². The van der Waals surface area contributed by atoms with Gasteiger partial charge in [-0.15, -0.1) is 0 Å². The molecule has 3 heterocycles. The molecule has 0 unspecified atom stereocenters. The second kappa shape index (κ2) is 8.92. The van der Waals surface area contributed by atoms with Crippen LogP contribution in [0.1, 0.15) is 33.4 Å². The van der Waals surface area contributed by atoms with Crippen LogP contribution in [0, 0.1) is 6.92 Å². The van der Waals surface area contributed by atoms with Crippen LogP contribution in [0.25, 0.3) is 61.0 Å². The number of hydrogen-bond acceptors (Lipinski definition) is 1. The number of nitrogens with zero attached hydrogens (tertiary/aromatic N) is 1. The summed E-state index contributed by atoms with van der Waals surface area (Å²) in [7, 11) is 0. The molecule has 0 fully saturated rings. The fourth-order valence-corrected chi connectivity index (χ4v) is 9.06. The molecule has 47 heavy (non-hydrogen) atoms. The molecule has 11 rings (SSSR count). The molecule has 0 bridgehead atoms. The minimum absolute atomic E-state index is 0.383. The fourth-order valence-electron chi connectivity index (χ4n) is 9.06. The van der Waals surface area contributed by atoms with E-state index in [2.05, 4.69) is 144 Å². The summed E-state index contributed by atoms with van der Waals surface area (Å²) in [5, 5.41) is 2.53. The number of ether oxygens (including phenoxy) is 1. The van der Waals surface area contributed by atoms with Crippen LogP contribution in [0.5, 0.6) is 5.75 Å². The highest BCUT2D eigenvalue weighted by atomic mass is 16.5. The third-order valence-electron chi connectivity index (χ3n) is 11.1. The van der Waals surface area contributed by atoms with Crippen molar-refractivity contribution in [3.63, 3.8) is 0 Å². The van der Waals surface area contributed by atoms with Crippen LogP contribution in [0.3, 0.4) is 0 Å². The number of aromatic amines is 1. The van der Waals surface area contributed by atoms with Gasteiger partial charge >= 0.3 is 0 Å². The lowest BCUT2D eigenvalue weighted by Crippen LogP contribution is -2.26. The number of hydrogen-bond donors (Lipinski definition) is 1. The summed E-state index contributed by atoms with van der Waals surface area (Å²) in [5.41, 5.74) is 17.7. The molecule has 1 N–H and O–H groups in total. The van der Waals surface area contributed by atoms with Crippen molar-refractivity contribution < 1.29 is 4.74 Å². The van der Waals surface area contributed by atoms with Crippen molar-refractivity contribution in [2.45, 2.75) is 18.8 Å². The van der Waals surface area contributed by atoms with E-state index in [0.717, 1.165) is 24.6 Å². The van der Waals surface area contributed by atoms with Gasteiger partial charge in [0.25, 0.3) is 0 Å². The summed E-state index contributed by atoms with van der Waals surface area (Å²) >= 11 is 0. The Bertz CT molecular complexity index is 2590. The van der Waals surface area contributed by atoms with E-state index in [1.165, 1.54) is 88.6 Å². The van der Waals surface area contributed by atoms with Crippen molar-refractivity contribution in [1.82, 2.24) is 9.55 Å². The predicted molar refractivity (Wildman–Crippen MR) is 191 cm³/mol. The first-order valence-electron chi connectivity index (χ1n) is 16.5.